The molecule has 0 radical (unpaired) electrons. The van der Waals surface area contributed by atoms with Crippen molar-refractivity contribution in [3.8, 4) is 0 Å². The highest BCUT2D eigenvalue weighted by Gasteiger charge is 2.11. The summed E-state index contributed by atoms with van der Waals surface area (Å²) in [6, 6.07) is 0. The molecular weight excluding hydrogens is 222 g/mol. The van der Waals surface area contributed by atoms with Crippen molar-refractivity contribution in [1.29, 1.82) is 0 Å². The van der Waals surface area contributed by atoms with E-state index in [4.69, 9.17) is 0 Å². The fraction of sp³-hybridized carbons (Fsp3) is 0.636. The monoisotopic (exact) mass is 241 g/mol. The first-order valence-electron chi connectivity index (χ1n) is 5.33. The number of aliphatic hydroxyl groups is 1. The van der Waals surface area contributed by atoms with Gasteiger partial charge in [-0.3, -0.25) is 0 Å². The summed E-state index contributed by atoms with van der Waals surface area (Å²) < 4.78 is 0. The molecule has 0 aliphatic rings. The number of rotatable bonds is 7. The van der Waals surface area contributed by atoms with Gasteiger partial charge in [0.1, 0.15) is 6.33 Å². The molecule has 0 fully saturated rings. The summed E-state index contributed by atoms with van der Waals surface area (Å²) in [4.78, 5) is 7.89. The van der Waals surface area contributed by atoms with Crippen LogP contribution in [0.1, 0.15) is 19.4 Å². The molecule has 2 N–H and O–H groups in total. The molecule has 0 aromatic carbocycles. The van der Waals surface area contributed by atoms with E-state index in [0.717, 1.165) is 30.2 Å². The fourth-order valence-electron chi connectivity index (χ4n) is 1.12. The molecule has 90 valence electrons. The predicted molar refractivity (Wildman–Crippen MR) is 67.4 cm³/mol. The summed E-state index contributed by atoms with van der Waals surface area (Å²) in [5, 5.41) is 12.8. The third-order valence-electron chi connectivity index (χ3n) is 1.82. The van der Waals surface area contributed by atoms with Crippen LogP contribution < -0.4 is 5.32 Å². The molecule has 0 aliphatic heterocycles. The van der Waals surface area contributed by atoms with Crippen molar-refractivity contribution in [2.45, 2.75) is 26.0 Å². The number of hydrogen-bond acceptors (Lipinski definition) is 5. The summed E-state index contributed by atoms with van der Waals surface area (Å²) in [6.07, 6.45) is 5.15. The Morgan fingerprint density at radius 2 is 2.06 bits per heavy atom. The normalized spacial score (nSPS) is 11.7. The molecule has 1 rings (SSSR count). The molecule has 0 aliphatic carbocycles. The third kappa shape index (κ3) is 6.76. The molecular formula is C11H19N3OS. The average molecular weight is 241 g/mol. The lowest BCUT2D eigenvalue weighted by Crippen LogP contribution is -2.23. The van der Waals surface area contributed by atoms with Crippen LogP contribution in [0.2, 0.25) is 0 Å². The molecule has 5 heteroatoms. The number of hydrogen-bond donors (Lipinski definition) is 2. The minimum absolute atomic E-state index is 0.571. The summed E-state index contributed by atoms with van der Waals surface area (Å²) in [6.45, 7) is 5.38. The SMILES string of the molecule is CC(C)(O)CSCCNCc1cncnc1. The molecule has 1 aromatic heterocycles. The van der Waals surface area contributed by atoms with Gasteiger partial charge in [0.25, 0.3) is 0 Å². The Morgan fingerprint density at radius 1 is 1.38 bits per heavy atom. The highest BCUT2D eigenvalue weighted by Crippen LogP contribution is 2.10. The molecule has 0 saturated carbocycles. The topological polar surface area (TPSA) is 58.0 Å². The second kappa shape index (κ2) is 6.83. The van der Waals surface area contributed by atoms with Crippen LogP contribution in [-0.2, 0) is 6.54 Å². The largest absolute Gasteiger partial charge is 0.390 e. The van der Waals surface area contributed by atoms with Crippen molar-refractivity contribution in [1.82, 2.24) is 15.3 Å². The summed E-state index contributed by atoms with van der Waals surface area (Å²) in [5.41, 5.74) is 0.521. The standard InChI is InChI=1S/C11H19N3OS/c1-11(2,15)8-16-4-3-12-5-10-6-13-9-14-7-10/h6-7,9,12,15H,3-5,8H2,1-2H3. The van der Waals surface area contributed by atoms with E-state index in [9.17, 15) is 5.11 Å². The Bertz CT molecular complexity index is 287. The van der Waals surface area contributed by atoms with Crippen molar-refractivity contribution in [3.63, 3.8) is 0 Å². The van der Waals surface area contributed by atoms with E-state index < -0.39 is 5.60 Å². The van der Waals surface area contributed by atoms with E-state index in [2.05, 4.69) is 15.3 Å². The first kappa shape index (κ1) is 13.4. The van der Waals surface area contributed by atoms with Crippen LogP contribution in [0.25, 0.3) is 0 Å². The predicted octanol–water partition coefficient (Wildman–Crippen LogP) is 1.07. The zero-order chi connectivity index (χ0) is 11.9. The van der Waals surface area contributed by atoms with Crippen molar-refractivity contribution >= 4 is 11.8 Å². The second-order valence-corrected chi connectivity index (χ2v) is 5.39. The average Bonchev–Trinajstić information content (AvgIpc) is 2.23. The third-order valence-corrected chi connectivity index (χ3v) is 3.23. The highest BCUT2D eigenvalue weighted by molar-refractivity contribution is 7.99. The lowest BCUT2D eigenvalue weighted by Gasteiger charge is -2.16. The number of aromatic nitrogens is 2. The van der Waals surface area contributed by atoms with Gasteiger partial charge in [0, 0.05) is 42.6 Å². The molecule has 0 bridgehead atoms. The van der Waals surface area contributed by atoms with Crippen LogP contribution in [0, 0.1) is 0 Å². The Hall–Kier alpha value is -0.650. The minimum Gasteiger partial charge on any atom is -0.390 e. The number of nitrogens with one attached hydrogen (secondary N) is 1. The first-order chi connectivity index (χ1) is 7.58. The van der Waals surface area contributed by atoms with E-state index in [0.29, 0.717) is 0 Å². The zero-order valence-electron chi connectivity index (χ0n) is 9.81. The summed E-state index contributed by atoms with van der Waals surface area (Å²) in [5.74, 6) is 1.76. The maximum atomic E-state index is 9.49. The van der Waals surface area contributed by atoms with Crippen LogP contribution in [0.3, 0.4) is 0 Å². The lowest BCUT2D eigenvalue weighted by molar-refractivity contribution is 0.107. The quantitative estimate of drug-likeness (QED) is 0.699. The van der Waals surface area contributed by atoms with E-state index in [1.807, 2.05) is 26.2 Å². The molecule has 0 saturated heterocycles. The molecule has 1 aromatic rings. The van der Waals surface area contributed by atoms with Gasteiger partial charge in [0.2, 0.25) is 0 Å². The molecule has 0 amide bonds. The van der Waals surface area contributed by atoms with Crippen molar-refractivity contribution in [2.24, 2.45) is 0 Å². The van der Waals surface area contributed by atoms with Gasteiger partial charge in [0.05, 0.1) is 5.60 Å². The maximum Gasteiger partial charge on any atom is 0.115 e. The van der Waals surface area contributed by atoms with Crippen LogP contribution in [-0.4, -0.2) is 38.7 Å². The van der Waals surface area contributed by atoms with Gasteiger partial charge in [-0.1, -0.05) is 0 Å². The van der Waals surface area contributed by atoms with Crippen LogP contribution in [0.4, 0.5) is 0 Å². The number of thioether (sulfide) groups is 1. The van der Waals surface area contributed by atoms with Gasteiger partial charge in [0.15, 0.2) is 0 Å². The Labute approximate surface area is 101 Å². The Morgan fingerprint density at radius 3 is 2.69 bits per heavy atom. The summed E-state index contributed by atoms with van der Waals surface area (Å²) >= 11 is 1.75. The molecule has 1 heterocycles. The van der Waals surface area contributed by atoms with E-state index >= 15 is 0 Å². The van der Waals surface area contributed by atoms with E-state index in [1.54, 1.807) is 11.8 Å². The van der Waals surface area contributed by atoms with Crippen LogP contribution in [0.15, 0.2) is 18.7 Å². The summed E-state index contributed by atoms with van der Waals surface area (Å²) in [7, 11) is 0. The minimum atomic E-state index is -0.571. The van der Waals surface area contributed by atoms with Gasteiger partial charge in [-0.25, -0.2) is 9.97 Å². The maximum absolute atomic E-state index is 9.49. The molecule has 16 heavy (non-hydrogen) atoms. The molecule has 0 spiro atoms. The van der Waals surface area contributed by atoms with Crippen LogP contribution in [0.5, 0.6) is 0 Å². The van der Waals surface area contributed by atoms with Crippen molar-refractivity contribution in [2.75, 3.05) is 18.1 Å². The van der Waals surface area contributed by atoms with Gasteiger partial charge >= 0.3 is 0 Å². The highest BCUT2D eigenvalue weighted by atomic mass is 32.2. The first-order valence-corrected chi connectivity index (χ1v) is 6.48. The van der Waals surface area contributed by atoms with Crippen molar-refractivity contribution in [3.05, 3.63) is 24.3 Å². The van der Waals surface area contributed by atoms with Crippen molar-refractivity contribution < 1.29 is 5.11 Å². The molecule has 4 nitrogen and oxygen atoms in total. The van der Waals surface area contributed by atoms with Gasteiger partial charge in [-0.05, 0) is 13.8 Å². The zero-order valence-corrected chi connectivity index (χ0v) is 10.6. The van der Waals surface area contributed by atoms with Gasteiger partial charge in [-0.15, -0.1) is 0 Å². The Kier molecular flexibility index (Phi) is 5.73. The van der Waals surface area contributed by atoms with Gasteiger partial charge < -0.3 is 10.4 Å². The Balaban J connectivity index is 2.01. The van der Waals surface area contributed by atoms with Crippen LogP contribution >= 0.6 is 11.8 Å². The number of nitrogens with zero attached hydrogens (tertiary/aromatic N) is 2. The fourth-order valence-corrected chi connectivity index (χ4v) is 2.05. The smallest absolute Gasteiger partial charge is 0.115 e. The lowest BCUT2D eigenvalue weighted by atomic mass is 10.2. The molecule has 0 atom stereocenters. The van der Waals surface area contributed by atoms with E-state index in [-0.39, 0.29) is 0 Å². The second-order valence-electron chi connectivity index (χ2n) is 4.29. The van der Waals surface area contributed by atoms with Gasteiger partial charge in [-0.2, -0.15) is 11.8 Å². The molecule has 0 unspecified atom stereocenters. The van der Waals surface area contributed by atoms with E-state index in [1.165, 1.54) is 6.33 Å².